The highest BCUT2D eigenvalue weighted by Crippen LogP contribution is 2.38. The minimum atomic E-state index is -5.08. The zero-order chi connectivity index (χ0) is 36.1. The van der Waals surface area contributed by atoms with Crippen LogP contribution in [0, 0.1) is 11.8 Å². The monoisotopic (exact) mass is 742 g/mol. The third-order valence-electron chi connectivity index (χ3n) is 8.50. The minimum absolute atomic E-state index is 0. The van der Waals surface area contributed by atoms with Crippen molar-refractivity contribution in [2.45, 2.75) is 64.4 Å². The third kappa shape index (κ3) is 11.0. The lowest BCUT2D eigenvalue weighted by molar-refractivity contribution is -0.274. The van der Waals surface area contributed by atoms with Crippen molar-refractivity contribution < 1.29 is 58.9 Å². The molecule has 0 aromatic heterocycles. The minimum Gasteiger partial charge on any atom is -0.497 e. The predicted molar refractivity (Wildman–Crippen MR) is 171 cm³/mol. The number of hydrogen-bond donors (Lipinski definition) is 1. The van der Waals surface area contributed by atoms with E-state index in [1.165, 1.54) is 42.3 Å². The first-order valence-corrected chi connectivity index (χ1v) is 15.4. The Morgan fingerprint density at radius 2 is 1.34 bits per heavy atom. The molecule has 1 N–H and O–H groups in total. The Labute approximate surface area is 289 Å². The molecule has 0 atom stereocenters. The summed E-state index contributed by atoms with van der Waals surface area (Å²) in [5, 5.41) is 9.37. The molecule has 1 saturated carbocycles. The molecule has 0 saturated heterocycles. The lowest BCUT2D eigenvalue weighted by atomic mass is 9.81. The summed E-state index contributed by atoms with van der Waals surface area (Å²) < 4.78 is 131. The van der Waals surface area contributed by atoms with Crippen LogP contribution in [0.3, 0.4) is 0 Å². The van der Waals surface area contributed by atoms with E-state index in [0.717, 1.165) is 12.1 Å². The van der Waals surface area contributed by atoms with Crippen LogP contribution >= 0.6 is 12.4 Å². The number of carboxylic acids is 1. The van der Waals surface area contributed by atoms with Gasteiger partial charge in [0.25, 0.3) is 0 Å². The van der Waals surface area contributed by atoms with Gasteiger partial charge in [-0.25, -0.2) is 0 Å². The quantitative estimate of drug-likeness (QED) is 0.187. The second-order valence-electron chi connectivity index (χ2n) is 11.9. The molecule has 0 radical (unpaired) electrons. The van der Waals surface area contributed by atoms with Crippen molar-refractivity contribution in [3.63, 3.8) is 0 Å². The van der Waals surface area contributed by atoms with Crippen molar-refractivity contribution in [3.05, 3.63) is 82.9 Å². The lowest BCUT2D eigenvalue weighted by Gasteiger charge is -2.34. The molecule has 0 bridgehead atoms. The van der Waals surface area contributed by atoms with Gasteiger partial charge in [-0.05, 0) is 110 Å². The summed E-state index contributed by atoms with van der Waals surface area (Å²) in [6, 6.07) is 11.1. The molecule has 3 aromatic rings. The number of ether oxygens (including phenoxy) is 2. The average Bonchev–Trinajstić information content (AvgIpc) is 3.02. The first kappa shape index (κ1) is 40.4. The number of benzene rings is 3. The van der Waals surface area contributed by atoms with Gasteiger partial charge in [-0.2, -0.15) is 26.3 Å². The Balaban J connectivity index is 0.00000676. The molecule has 0 spiro atoms. The largest absolute Gasteiger partial charge is 0.573 e. The number of carbonyl (C=O) groups is 1. The number of rotatable bonds is 12. The molecule has 1 aliphatic carbocycles. The van der Waals surface area contributed by atoms with Crippen LogP contribution in [-0.2, 0) is 30.2 Å². The molecular weight excluding hydrogens is 707 g/mol. The van der Waals surface area contributed by atoms with Crippen molar-refractivity contribution in [1.82, 2.24) is 0 Å². The second kappa shape index (κ2) is 16.3. The Kier molecular flexibility index (Phi) is 13.2. The molecule has 4 rings (SSSR count). The van der Waals surface area contributed by atoms with E-state index in [4.69, 9.17) is 4.74 Å². The summed E-state index contributed by atoms with van der Waals surface area (Å²) in [4.78, 5) is 14.8. The molecule has 16 heteroatoms. The van der Waals surface area contributed by atoms with Crippen molar-refractivity contribution in [2.24, 2.45) is 11.8 Å². The second-order valence-corrected chi connectivity index (χ2v) is 11.9. The maximum atomic E-state index is 13.7. The normalized spacial score (nSPS) is 16.7. The molecule has 50 heavy (non-hydrogen) atoms. The van der Waals surface area contributed by atoms with Gasteiger partial charge in [-0.1, -0.05) is 0 Å². The maximum Gasteiger partial charge on any atom is 0.573 e. The number of aliphatic carboxylic acids is 1. The average molecular weight is 743 g/mol. The van der Waals surface area contributed by atoms with Crippen molar-refractivity contribution in [3.8, 4) is 11.5 Å². The van der Waals surface area contributed by atoms with Gasteiger partial charge in [0.15, 0.2) is 0 Å². The third-order valence-corrected chi connectivity index (χ3v) is 8.50. The molecule has 0 heterocycles. The van der Waals surface area contributed by atoms with Crippen molar-refractivity contribution in [2.75, 3.05) is 30.0 Å². The number of methoxy groups -OCH3 is 1. The summed E-state index contributed by atoms with van der Waals surface area (Å²) in [5.41, 5.74) is -2.23. The number of halogens is 10. The van der Waals surface area contributed by atoms with Gasteiger partial charge in [-0.15, -0.1) is 25.6 Å². The van der Waals surface area contributed by atoms with E-state index < -0.39 is 54.0 Å². The first-order valence-electron chi connectivity index (χ1n) is 15.4. The fourth-order valence-electron chi connectivity index (χ4n) is 6.06. The molecule has 6 nitrogen and oxygen atoms in total. The van der Waals surface area contributed by atoms with Gasteiger partial charge < -0.3 is 24.4 Å². The SMILES string of the molecule is CCN(CC1CCC(C(=O)O)CC1)c1ccc(OC(F)(F)F)cc1CN(Cc1cc(C(F)(F)F)cc(C(F)(F)F)c1)c1ccc(OC)cc1.Cl. The molecule has 1 aliphatic rings. The summed E-state index contributed by atoms with van der Waals surface area (Å²) in [6.45, 7) is 1.96. The van der Waals surface area contributed by atoms with Crippen LogP contribution in [0.15, 0.2) is 60.7 Å². The first-order chi connectivity index (χ1) is 22.9. The van der Waals surface area contributed by atoms with Crippen LogP contribution in [0.5, 0.6) is 11.5 Å². The van der Waals surface area contributed by atoms with Gasteiger partial charge in [-0.3, -0.25) is 4.79 Å². The highest BCUT2D eigenvalue weighted by Gasteiger charge is 2.37. The van der Waals surface area contributed by atoms with E-state index in [1.54, 1.807) is 0 Å². The molecule has 3 aromatic carbocycles. The number of alkyl halides is 9. The molecule has 0 amide bonds. The Morgan fingerprint density at radius 1 is 0.780 bits per heavy atom. The summed E-state index contributed by atoms with van der Waals surface area (Å²) in [5.74, 6) is -1.38. The van der Waals surface area contributed by atoms with Gasteiger partial charge in [0.1, 0.15) is 11.5 Å². The Morgan fingerprint density at radius 3 is 1.82 bits per heavy atom. The smallest absolute Gasteiger partial charge is 0.497 e. The fraction of sp³-hybridized carbons (Fsp3) is 0.441. The number of carboxylic acid groups (broad SMARTS) is 1. The van der Waals surface area contributed by atoms with Crippen LogP contribution in [0.4, 0.5) is 50.9 Å². The molecular formula is C34H36ClF9N2O4. The highest BCUT2D eigenvalue weighted by molar-refractivity contribution is 5.85. The van der Waals surface area contributed by atoms with E-state index in [0.29, 0.717) is 68.0 Å². The Hall–Kier alpha value is -4.01. The van der Waals surface area contributed by atoms with E-state index in [1.807, 2.05) is 11.8 Å². The maximum absolute atomic E-state index is 13.7. The number of nitrogens with zero attached hydrogens (tertiary/aromatic N) is 2. The Bertz CT molecular complexity index is 1540. The van der Waals surface area contributed by atoms with E-state index in [9.17, 15) is 49.4 Å². The van der Waals surface area contributed by atoms with Crippen molar-refractivity contribution >= 4 is 29.8 Å². The van der Waals surface area contributed by atoms with Gasteiger partial charge >= 0.3 is 24.7 Å². The topological polar surface area (TPSA) is 62.2 Å². The standard InChI is InChI=1S/C34H35F9N2O4.ClH/c1-3-44(18-21-4-6-23(7-5-21)31(46)47)30-13-12-29(49-34(41,42)43)16-24(30)20-45(27-8-10-28(48-2)11-9-27)19-22-14-25(32(35,36)37)17-26(15-22)33(38,39)40;/h8-17,21,23H,3-7,18-20H2,1-2H3,(H,46,47);1H. The molecule has 0 aliphatic heterocycles. The van der Waals surface area contributed by atoms with Gasteiger partial charge in [0, 0.05) is 37.6 Å². The van der Waals surface area contributed by atoms with Crippen LogP contribution in [-0.4, -0.2) is 37.6 Å². The van der Waals surface area contributed by atoms with E-state index >= 15 is 0 Å². The fourth-order valence-corrected chi connectivity index (χ4v) is 6.06. The van der Waals surface area contributed by atoms with Crippen LogP contribution in [0.25, 0.3) is 0 Å². The van der Waals surface area contributed by atoms with Crippen LogP contribution in [0.1, 0.15) is 54.9 Å². The molecule has 276 valence electrons. The summed E-state index contributed by atoms with van der Waals surface area (Å²) >= 11 is 0. The predicted octanol–water partition coefficient (Wildman–Crippen LogP) is 9.98. The summed E-state index contributed by atoms with van der Waals surface area (Å²) in [7, 11) is 1.40. The van der Waals surface area contributed by atoms with Crippen LogP contribution < -0.4 is 19.3 Å². The van der Waals surface area contributed by atoms with Gasteiger partial charge in [0.2, 0.25) is 0 Å². The lowest BCUT2D eigenvalue weighted by Crippen LogP contribution is -2.34. The number of hydrogen-bond acceptors (Lipinski definition) is 5. The zero-order valence-electron chi connectivity index (χ0n) is 27.0. The van der Waals surface area contributed by atoms with Gasteiger partial charge in [0.05, 0.1) is 24.2 Å². The number of anilines is 2. The van der Waals surface area contributed by atoms with Crippen molar-refractivity contribution in [1.29, 1.82) is 0 Å². The molecule has 1 fully saturated rings. The van der Waals surface area contributed by atoms with E-state index in [2.05, 4.69) is 4.74 Å². The summed E-state index contributed by atoms with van der Waals surface area (Å²) in [6.07, 6.45) is -13.0. The molecule has 0 unspecified atom stereocenters. The zero-order valence-corrected chi connectivity index (χ0v) is 27.8. The highest BCUT2D eigenvalue weighted by atomic mass is 35.5. The van der Waals surface area contributed by atoms with Crippen LogP contribution in [0.2, 0.25) is 0 Å². The van der Waals surface area contributed by atoms with E-state index in [-0.39, 0.29) is 42.1 Å².